The lowest BCUT2D eigenvalue weighted by Crippen LogP contribution is -2.23. The van der Waals surface area contributed by atoms with Crippen molar-refractivity contribution in [3.63, 3.8) is 0 Å². The molecule has 3 heterocycles. The summed E-state index contributed by atoms with van der Waals surface area (Å²) in [6.45, 7) is 6.65. The number of aliphatic hydroxyl groups is 1. The predicted molar refractivity (Wildman–Crippen MR) is 108 cm³/mol. The lowest BCUT2D eigenvalue weighted by molar-refractivity contribution is 0.151. The smallest absolute Gasteiger partial charge is 0.177 e. The quantitative estimate of drug-likeness (QED) is 0.709. The molecule has 0 amide bonds. The molecule has 0 unspecified atom stereocenters. The highest BCUT2D eigenvalue weighted by molar-refractivity contribution is 5.85. The fourth-order valence-corrected chi connectivity index (χ4v) is 3.48. The third kappa shape index (κ3) is 3.60. The Bertz CT molecular complexity index is 860. The minimum Gasteiger partial charge on any atom is -0.390 e. The number of nitrogens with zero attached hydrogens (tertiary/aromatic N) is 4. The molecular formula is C18H25Cl2N5O. The summed E-state index contributed by atoms with van der Waals surface area (Å²) in [5.74, 6) is 2.19. The summed E-state index contributed by atoms with van der Waals surface area (Å²) in [4.78, 5) is 9.41. The van der Waals surface area contributed by atoms with Gasteiger partial charge in [-0.15, -0.1) is 24.8 Å². The number of benzene rings is 1. The fourth-order valence-electron chi connectivity index (χ4n) is 3.48. The van der Waals surface area contributed by atoms with Crippen LogP contribution < -0.4 is 5.32 Å². The molecule has 1 aliphatic rings. The molecule has 0 aliphatic carbocycles. The van der Waals surface area contributed by atoms with Gasteiger partial charge in [-0.05, 0) is 18.1 Å². The van der Waals surface area contributed by atoms with E-state index in [0.717, 1.165) is 35.8 Å². The van der Waals surface area contributed by atoms with Crippen LogP contribution in [0.4, 0.5) is 0 Å². The van der Waals surface area contributed by atoms with Crippen molar-refractivity contribution in [2.75, 3.05) is 13.1 Å². The van der Waals surface area contributed by atoms with Crippen molar-refractivity contribution in [3.8, 4) is 11.6 Å². The van der Waals surface area contributed by atoms with Gasteiger partial charge in [-0.25, -0.2) is 9.97 Å². The highest BCUT2D eigenvalue weighted by Crippen LogP contribution is 2.28. The SMILES string of the molecule is CC(C)Cn1c(-c2nccn2[C@@H]2CNC[C@@H]2O)nc2ccccc21.Cl.Cl. The van der Waals surface area contributed by atoms with Crippen LogP contribution in [0.3, 0.4) is 0 Å². The van der Waals surface area contributed by atoms with Crippen LogP contribution in [0.1, 0.15) is 19.9 Å². The molecule has 1 fully saturated rings. The molecule has 0 saturated carbocycles. The Kier molecular flexibility index (Phi) is 6.69. The number of β-amino-alcohol motifs (C(OH)–C–C–N with tert-alkyl or cyclic N) is 1. The standard InChI is InChI=1S/C18H23N5O.2ClH/c1-12(2)11-23-14-6-4-3-5-13(14)21-18(23)17-20-7-8-22(17)15-9-19-10-16(15)24;;/h3-8,12,15-16,19,24H,9-11H2,1-2H3;2*1H/t15-,16+;;/m1../s1. The molecule has 1 aliphatic heterocycles. The molecular weight excluding hydrogens is 373 g/mol. The normalized spacial score (nSPS) is 19.5. The van der Waals surface area contributed by atoms with Crippen molar-refractivity contribution in [2.24, 2.45) is 5.92 Å². The van der Waals surface area contributed by atoms with E-state index in [9.17, 15) is 5.11 Å². The summed E-state index contributed by atoms with van der Waals surface area (Å²) < 4.78 is 4.30. The minimum atomic E-state index is -0.402. The van der Waals surface area contributed by atoms with Crippen LogP contribution in [0.2, 0.25) is 0 Å². The molecule has 3 aromatic rings. The Morgan fingerprint density at radius 1 is 1.19 bits per heavy atom. The summed E-state index contributed by atoms with van der Waals surface area (Å²) in [6, 6.07) is 8.19. The Morgan fingerprint density at radius 3 is 2.65 bits per heavy atom. The molecule has 2 atom stereocenters. The molecule has 8 heteroatoms. The minimum absolute atomic E-state index is 0. The third-order valence-corrected chi connectivity index (χ3v) is 4.58. The van der Waals surface area contributed by atoms with Crippen molar-refractivity contribution in [3.05, 3.63) is 36.7 Å². The van der Waals surface area contributed by atoms with Crippen molar-refractivity contribution in [2.45, 2.75) is 32.5 Å². The maximum atomic E-state index is 10.2. The van der Waals surface area contributed by atoms with Gasteiger partial charge < -0.3 is 19.6 Å². The summed E-state index contributed by atoms with van der Waals surface area (Å²) in [7, 11) is 0. The fraction of sp³-hybridized carbons (Fsp3) is 0.444. The molecule has 1 aromatic carbocycles. The maximum Gasteiger partial charge on any atom is 0.177 e. The van der Waals surface area contributed by atoms with Gasteiger partial charge in [-0.1, -0.05) is 26.0 Å². The Balaban J connectivity index is 0.00000121. The maximum absolute atomic E-state index is 10.2. The number of aliphatic hydroxyl groups excluding tert-OH is 1. The van der Waals surface area contributed by atoms with Crippen LogP contribution in [-0.4, -0.2) is 43.4 Å². The van der Waals surface area contributed by atoms with Crippen LogP contribution in [0.15, 0.2) is 36.7 Å². The van der Waals surface area contributed by atoms with Gasteiger partial charge in [0.25, 0.3) is 0 Å². The molecule has 0 spiro atoms. The van der Waals surface area contributed by atoms with Gasteiger partial charge in [0, 0.05) is 32.0 Å². The number of hydrogen-bond donors (Lipinski definition) is 2. The van der Waals surface area contributed by atoms with Crippen LogP contribution >= 0.6 is 24.8 Å². The first-order valence-electron chi connectivity index (χ1n) is 8.52. The number of nitrogens with one attached hydrogen (secondary N) is 1. The number of fused-ring (bicyclic) bond motifs is 1. The Hall–Kier alpha value is -1.60. The Labute approximate surface area is 165 Å². The Morgan fingerprint density at radius 2 is 1.96 bits per heavy atom. The first-order chi connectivity index (χ1) is 11.6. The van der Waals surface area contributed by atoms with Crippen LogP contribution in [0.25, 0.3) is 22.7 Å². The van der Waals surface area contributed by atoms with Gasteiger partial charge in [0.2, 0.25) is 0 Å². The number of aromatic nitrogens is 4. The highest BCUT2D eigenvalue weighted by atomic mass is 35.5. The van der Waals surface area contributed by atoms with Crippen molar-refractivity contribution < 1.29 is 5.11 Å². The van der Waals surface area contributed by atoms with E-state index in [2.05, 4.69) is 39.3 Å². The van der Waals surface area contributed by atoms with E-state index in [0.29, 0.717) is 12.5 Å². The topological polar surface area (TPSA) is 67.9 Å². The lowest BCUT2D eigenvalue weighted by Gasteiger charge is -2.19. The second kappa shape index (κ2) is 8.39. The predicted octanol–water partition coefficient (Wildman–Crippen LogP) is 2.90. The molecule has 2 aromatic heterocycles. The second-order valence-electron chi connectivity index (χ2n) is 6.88. The highest BCUT2D eigenvalue weighted by Gasteiger charge is 2.29. The van der Waals surface area contributed by atoms with Gasteiger partial charge in [0.15, 0.2) is 11.6 Å². The van der Waals surface area contributed by atoms with E-state index in [-0.39, 0.29) is 30.9 Å². The largest absolute Gasteiger partial charge is 0.390 e. The van der Waals surface area contributed by atoms with Crippen LogP contribution in [0.5, 0.6) is 0 Å². The van der Waals surface area contributed by atoms with Crippen LogP contribution in [0, 0.1) is 5.92 Å². The number of imidazole rings is 2. The molecule has 1 saturated heterocycles. The van der Waals surface area contributed by atoms with E-state index < -0.39 is 6.10 Å². The zero-order valence-electron chi connectivity index (χ0n) is 14.9. The van der Waals surface area contributed by atoms with E-state index in [1.54, 1.807) is 6.20 Å². The third-order valence-electron chi connectivity index (χ3n) is 4.58. The average molecular weight is 398 g/mol. The van der Waals surface area contributed by atoms with Gasteiger partial charge in [0.05, 0.1) is 23.2 Å². The number of hydrogen-bond acceptors (Lipinski definition) is 4. The molecule has 0 bridgehead atoms. The molecule has 142 valence electrons. The number of rotatable bonds is 4. The number of para-hydroxylation sites is 2. The van der Waals surface area contributed by atoms with E-state index in [4.69, 9.17) is 4.98 Å². The molecule has 0 radical (unpaired) electrons. The van der Waals surface area contributed by atoms with Crippen molar-refractivity contribution >= 4 is 35.8 Å². The first-order valence-corrected chi connectivity index (χ1v) is 8.52. The number of halogens is 2. The molecule has 2 N–H and O–H groups in total. The van der Waals surface area contributed by atoms with E-state index in [1.807, 2.05) is 24.4 Å². The summed E-state index contributed by atoms with van der Waals surface area (Å²) >= 11 is 0. The van der Waals surface area contributed by atoms with Gasteiger partial charge in [-0.3, -0.25) is 0 Å². The lowest BCUT2D eigenvalue weighted by atomic mass is 10.2. The first kappa shape index (κ1) is 20.7. The second-order valence-corrected chi connectivity index (χ2v) is 6.88. The van der Waals surface area contributed by atoms with Crippen molar-refractivity contribution in [1.29, 1.82) is 0 Å². The van der Waals surface area contributed by atoms with E-state index >= 15 is 0 Å². The van der Waals surface area contributed by atoms with E-state index in [1.165, 1.54) is 0 Å². The summed E-state index contributed by atoms with van der Waals surface area (Å²) in [5.41, 5.74) is 2.11. The van der Waals surface area contributed by atoms with Gasteiger partial charge in [-0.2, -0.15) is 0 Å². The molecule has 26 heavy (non-hydrogen) atoms. The summed E-state index contributed by atoms with van der Waals surface area (Å²) in [5, 5.41) is 13.5. The van der Waals surface area contributed by atoms with Crippen LogP contribution in [-0.2, 0) is 6.54 Å². The zero-order chi connectivity index (χ0) is 16.7. The molecule has 6 nitrogen and oxygen atoms in total. The van der Waals surface area contributed by atoms with Gasteiger partial charge in [0.1, 0.15) is 0 Å². The average Bonchev–Trinajstić information content (AvgIpc) is 3.25. The zero-order valence-corrected chi connectivity index (χ0v) is 16.5. The van der Waals surface area contributed by atoms with Gasteiger partial charge >= 0.3 is 0 Å². The monoisotopic (exact) mass is 397 g/mol. The molecule has 4 rings (SSSR count). The van der Waals surface area contributed by atoms with Crippen molar-refractivity contribution in [1.82, 2.24) is 24.4 Å². The summed E-state index contributed by atoms with van der Waals surface area (Å²) in [6.07, 6.45) is 3.33.